The molecule has 0 saturated carbocycles. The van der Waals surface area contributed by atoms with Crippen LogP contribution in [0.15, 0.2) is 22.7 Å². The summed E-state index contributed by atoms with van der Waals surface area (Å²) < 4.78 is 6.01. The van der Waals surface area contributed by atoms with Crippen LogP contribution in [0.2, 0.25) is 0 Å². The SMILES string of the molecule is Cc1cc(C)c2sc(NC(=O)c3cc(C)no3)nc2c1. The minimum atomic E-state index is -0.334. The second kappa shape index (κ2) is 4.72. The van der Waals surface area contributed by atoms with Crippen molar-refractivity contribution >= 4 is 32.6 Å². The zero-order valence-corrected chi connectivity index (χ0v) is 12.2. The molecule has 102 valence electrons. The standard InChI is InChI=1S/C14H13N3O2S/c1-7-4-8(2)12-10(5-7)15-14(20-12)16-13(18)11-6-9(3)17-19-11/h4-6H,1-3H3,(H,15,16,18). The highest BCUT2D eigenvalue weighted by Crippen LogP contribution is 2.30. The van der Waals surface area contributed by atoms with Crippen LogP contribution in [-0.4, -0.2) is 16.0 Å². The van der Waals surface area contributed by atoms with E-state index >= 15 is 0 Å². The number of carbonyl (C=O) groups excluding carboxylic acids is 1. The molecule has 0 aliphatic rings. The number of aryl methyl sites for hydroxylation is 3. The van der Waals surface area contributed by atoms with Crippen LogP contribution in [0.1, 0.15) is 27.4 Å². The molecule has 0 radical (unpaired) electrons. The molecule has 0 atom stereocenters. The quantitative estimate of drug-likeness (QED) is 0.783. The number of nitrogens with one attached hydrogen (secondary N) is 1. The monoisotopic (exact) mass is 287 g/mol. The number of thiazole rings is 1. The number of carbonyl (C=O) groups is 1. The van der Waals surface area contributed by atoms with Crippen molar-refractivity contribution in [3.63, 3.8) is 0 Å². The molecule has 6 heteroatoms. The average molecular weight is 287 g/mol. The van der Waals surface area contributed by atoms with Gasteiger partial charge in [-0.05, 0) is 38.0 Å². The van der Waals surface area contributed by atoms with Crippen molar-refractivity contribution in [1.82, 2.24) is 10.1 Å². The van der Waals surface area contributed by atoms with Gasteiger partial charge in [0.1, 0.15) is 0 Å². The first-order chi connectivity index (χ1) is 9.52. The Morgan fingerprint density at radius 1 is 1.25 bits per heavy atom. The van der Waals surface area contributed by atoms with Gasteiger partial charge in [0, 0.05) is 6.07 Å². The topological polar surface area (TPSA) is 68.0 Å². The second-order valence-electron chi connectivity index (χ2n) is 4.74. The van der Waals surface area contributed by atoms with Crippen molar-refractivity contribution in [3.8, 4) is 0 Å². The van der Waals surface area contributed by atoms with E-state index in [0.717, 1.165) is 21.3 Å². The summed E-state index contributed by atoms with van der Waals surface area (Å²) in [5.74, 6) is -0.145. The Labute approximate surface area is 119 Å². The molecule has 1 aromatic carbocycles. The van der Waals surface area contributed by atoms with Crippen molar-refractivity contribution in [3.05, 3.63) is 40.8 Å². The fourth-order valence-corrected chi connectivity index (χ4v) is 2.97. The van der Waals surface area contributed by atoms with E-state index in [4.69, 9.17) is 4.52 Å². The average Bonchev–Trinajstić information content (AvgIpc) is 2.95. The Kier molecular flexibility index (Phi) is 3.02. The Morgan fingerprint density at radius 2 is 2.05 bits per heavy atom. The van der Waals surface area contributed by atoms with Crippen LogP contribution in [0, 0.1) is 20.8 Å². The zero-order chi connectivity index (χ0) is 14.3. The first-order valence-corrected chi connectivity index (χ1v) is 6.97. The van der Waals surface area contributed by atoms with Crippen LogP contribution in [0.5, 0.6) is 0 Å². The first-order valence-electron chi connectivity index (χ1n) is 6.15. The van der Waals surface area contributed by atoms with Gasteiger partial charge in [-0.3, -0.25) is 10.1 Å². The lowest BCUT2D eigenvalue weighted by Gasteiger charge is -1.95. The Morgan fingerprint density at radius 3 is 2.75 bits per heavy atom. The van der Waals surface area contributed by atoms with E-state index in [2.05, 4.69) is 21.5 Å². The van der Waals surface area contributed by atoms with E-state index < -0.39 is 0 Å². The summed E-state index contributed by atoms with van der Waals surface area (Å²) in [5, 5.41) is 7.00. The molecule has 0 aliphatic heterocycles. The van der Waals surface area contributed by atoms with Crippen LogP contribution in [-0.2, 0) is 0 Å². The highest BCUT2D eigenvalue weighted by Gasteiger charge is 2.14. The van der Waals surface area contributed by atoms with Crippen LogP contribution in [0.4, 0.5) is 5.13 Å². The van der Waals surface area contributed by atoms with Gasteiger partial charge in [0.25, 0.3) is 5.91 Å². The molecule has 0 fully saturated rings. The normalized spacial score (nSPS) is 10.9. The van der Waals surface area contributed by atoms with Gasteiger partial charge in [0.2, 0.25) is 5.76 Å². The highest BCUT2D eigenvalue weighted by atomic mass is 32.1. The predicted molar refractivity (Wildman–Crippen MR) is 78.3 cm³/mol. The fraction of sp³-hybridized carbons (Fsp3) is 0.214. The molecule has 5 nitrogen and oxygen atoms in total. The van der Waals surface area contributed by atoms with E-state index in [-0.39, 0.29) is 11.7 Å². The molecule has 1 N–H and O–H groups in total. The van der Waals surface area contributed by atoms with Crippen LogP contribution in [0.3, 0.4) is 0 Å². The number of fused-ring (bicyclic) bond motifs is 1. The molecule has 2 aromatic heterocycles. The molecule has 3 aromatic rings. The summed E-state index contributed by atoms with van der Waals surface area (Å²) in [6.07, 6.45) is 0. The molecular weight excluding hydrogens is 274 g/mol. The lowest BCUT2D eigenvalue weighted by atomic mass is 10.1. The number of hydrogen-bond acceptors (Lipinski definition) is 5. The van der Waals surface area contributed by atoms with Gasteiger partial charge in [0.15, 0.2) is 5.13 Å². The van der Waals surface area contributed by atoms with Crippen LogP contribution >= 0.6 is 11.3 Å². The smallest absolute Gasteiger partial charge is 0.296 e. The third kappa shape index (κ3) is 2.30. The summed E-state index contributed by atoms with van der Waals surface area (Å²) in [6, 6.07) is 5.71. The lowest BCUT2D eigenvalue weighted by Crippen LogP contribution is -2.10. The van der Waals surface area contributed by atoms with E-state index in [1.54, 1.807) is 13.0 Å². The van der Waals surface area contributed by atoms with E-state index in [1.165, 1.54) is 11.3 Å². The number of rotatable bonds is 2. The molecule has 0 bridgehead atoms. The lowest BCUT2D eigenvalue weighted by molar-refractivity contribution is 0.0988. The Balaban J connectivity index is 1.91. The second-order valence-corrected chi connectivity index (χ2v) is 5.73. The molecule has 0 spiro atoms. The fourth-order valence-electron chi connectivity index (χ4n) is 2.06. The summed E-state index contributed by atoms with van der Waals surface area (Å²) in [7, 11) is 0. The third-order valence-corrected chi connectivity index (χ3v) is 4.01. The predicted octanol–water partition coefficient (Wildman–Crippen LogP) is 3.46. The zero-order valence-electron chi connectivity index (χ0n) is 11.4. The molecular formula is C14H13N3O2S. The van der Waals surface area contributed by atoms with E-state index in [1.807, 2.05) is 19.9 Å². The Bertz CT molecular complexity index is 804. The van der Waals surface area contributed by atoms with E-state index in [9.17, 15) is 4.79 Å². The summed E-state index contributed by atoms with van der Waals surface area (Å²) >= 11 is 1.46. The van der Waals surface area contributed by atoms with Crippen LogP contribution < -0.4 is 5.32 Å². The number of hydrogen-bond donors (Lipinski definition) is 1. The summed E-state index contributed by atoms with van der Waals surface area (Å²) in [4.78, 5) is 16.4. The van der Waals surface area contributed by atoms with E-state index in [0.29, 0.717) is 10.8 Å². The van der Waals surface area contributed by atoms with Gasteiger partial charge < -0.3 is 4.52 Å². The molecule has 3 rings (SSSR count). The number of aromatic nitrogens is 2. The van der Waals surface area contributed by atoms with Crippen molar-refractivity contribution in [2.24, 2.45) is 0 Å². The van der Waals surface area contributed by atoms with Crippen molar-refractivity contribution < 1.29 is 9.32 Å². The minimum Gasteiger partial charge on any atom is -0.351 e. The van der Waals surface area contributed by atoms with Crippen LogP contribution in [0.25, 0.3) is 10.2 Å². The summed E-state index contributed by atoms with van der Waals surface area (Å²) in [6.45, 7) is 5.84. The molecule has 2 heterocycles. The number of amides is 1. The molecule has 0 saturated heterocycles. The maximum absolute atomic E-state index is 12.0. The van der Waals surface area contributed by atoms with Gasteiger partial charge in [-0.2, -0.15) is 0 Å². The number of anilines is 1. The van der Waals surface area contributed by atoms with Gasteiger partial charge >= 0.3 is 0 Å². The van der Waals surface area contributed by atoms with Gasteiger partial charge in [0.05, 0.1) is 15.9 Å². The number of benzene rings is 1. The van der Waals surface area contributed by atoms with Gasteiger partial charge in [-0.25, -0.2) is 4.98 Å². The first kappa shape index (κ1) is 12.8. The molecule has 0 aliphatic carbocycles. The highest BCUT2D eigenvalue weighted by molar-refractivity contribution is 7.22. The number of nitrogens with zero attached hydrogens (tertiary/aromatic N) is 2. The molecule has 20 heavy (non-hydrogen) atoms. The van der Waals surface area contributed by atoms with Crippen molar-refractivity contribution in [2.75, 3.05) is 5.32 Å². The van der Waals surface area contributed by atoms with Crippen molar-refractivity contribution in [1.29, 1.82) is 0 Å². The maximum atomic E-state index is 12.0. The van der Waals surface area contributed by atoms with Gasteiger partial charge in [-0.15, -0.1) is 0 Å². The third-order valence-electron chi connectivity index (χ3n) is 2.89. The Hall–Kier alpha value is -2.21. The summed E-state index contributed by atoms with van der Waals surface area (Å²) in [5.41, 5.74) is 3.89. The minimum absolute atomic E-state index is 0.189. The van der Waals surface area contributed by atoms with Gasteiger partial charge in [-0.1, -0.05) is 22.6 Å². The molecule has 0 unspecified atom stereocenters. The largest absolute Gasteiger partial charge is 0.351 e. The molecule has 1 amide bonds. The van der Waals surface area contributed by atoms with Crippen molar-refractivity contribution in [2.45, 2.75) is 20.8 Å². The maximum Gasteiger partial charge on any atom is 0.296 e.